The maximum Gasteiger partial charge on any atom is 0.119 e. The molecule has 0 amide bonds. The maximum absolute atomic E-state index is 5.96. The first-order chi connectivity index (χ1) is 8.21. The summed E-state index contributed by atoms with van der Waals surface area (Å²) in [6.45, 7) is 5.57. The van der Waals surface area contributed by atoms with Crippen LogP contribution in [-0.2, 0) is 11.3 Å². The number of ether oxygens (including phenoxy) is 2. The molecule has 1 aromatic rings. The Hall–Kier alpha value is -1.26. The monoisotopic (exact) mass is 238 g/mol. The van der Waals surface area contributed by atoms with Crippen LogP contribution in [0, 0.1) is 0 Å². The van der Waals surface area contributed by atoms with E-state index in [1.165, 1.54) is 0 Å². The Labute approximate surface area is 103 Å². The quantitative estimate of drug-likeness (QED) is 0.735. The molecule has 0 unspecified atom stereocenters. The average molecular weight is 238 g/mol. The Bertz CT molecular complexity index is 342. The molecule has 0 aliphatic carbocycles. The van der Waals surface area contributed by atoms with E-state index in [4.69, 9.17) is 15.2 Å². The van der Waals surface area contributed by atoms with Crippen molar-refractivity contribution in [3.05, 3.63) is 23.8 Å². The van der Waals surface area contributed by atoms with Crippen molar-refractivity contribution in [1.82, 2.24) is 4.90 Å². The van der Waals surface area contributed by atoms with Crippen molar-refractivity contribution in [2.45, 2.75) is 13.5 Å². The second-order valence-corrected chi connectivity index (χ2v) is 3.93. The molecule has 0 heterocycles. The lowest BCUT2D eigenvalue weighted by atomic mass is 10.1. The zero-order valence-electron chi connectivity index (χ0n) is 10.9. The molecule has 0 saturated heterocycles. The number of rotatable bonds is 7. The van der Waals surface area contributed by atoms with Crippen molar-refractivity contribution in [2.24, 2.45) is 0 Å². The molecule has 0 fully saturated rings. The largest absolute Gasteiger partial charge is 0.497 e. The van der Waals surface area contributed by atoms with Gasteiger partial charge in [-0.1, -0.05) is 6.92 Å². The summed E-state index contributed by atoms with van der Waals surface area (Å²) >= 11 is 0. The van der Waals surface area contributed by atoms with Crippen molar-refractivity contribution in [2.75, 3.05) is 39.6 Å². The fraction of sp³-hybridized carbons (Fsp3) is 0.538. The van der Waals surface area contributed by atoms with E-state index in [0.717, 1.165) is 43.2 Å². The highest BCUT2D eigenvalue weighted by Gasteiger charge is 2.07. The van der Waals surface area contributed by atoms with Gasteiger partial charge in [-0.15, -0.1) is 0 Å². The van der Waals surface area contributed by atoms with Crippen molar-refractivity contribution in [1.29, 1.82) is 0 Å². The van der Waals surface area contributed by atoms with Crippen LogP contribution in [0.5, 0.6) is 5.75 Å². The van der Waals surface area contributed by atoms with E-state index >= 15 is 0 Å². The summed E-state index contributed by atoms with van der Waals surface area (Å²) in [5, 5.41) is 0. The molecule has 0 aliphatic rings. The van der Waals surface area contributed by atoms with Gasteiger partial charge >= 0.3 is 0 Å². The van der Waals surface area contributed by atoms with Crippen LogP contribution in [0.25, 0.3) is 0 Å². The summed E-state index contributed by atoms with van der Waals surface area (Å²) in [5.74, 6) is 0.844. The molecule has 96 valence electrons. The average Bonchev–Trinajstić information content (AvgIpc) is 2.36. The van der Waals surface area contributed by atoms with Crippen LogP contribution in [0.2, 0.25) is 0 Å². The Balaban J connectivity index is 2.70. The van der Waals surface area contributed by atoms with Crippen LogP contribution in [0.3, 0.4) is 0 Å². The van der Waals surface area contributed by atoms with Gasteiger partial charge in [-0.2, -0.15) is 0 Å². The van der Waals surface area contributed by atoms with Crippen molar-refractivity contribution < 1.29 is 9.47 Å². The van der Waals surface area contributed by atoms with Gasteiger partial charge < -0.3 is 15.2 Å². The molecule has 0 bridgehead atoms. The molecule has 1 aromatic carbocycles. The highest BCUT2D eigenvalue weighted by Crippen LogP contribution is 2.20. The lowest BCUT2D eigenvalue weighted by Gasteiger charge is -2.21. The van der Waals surface area contributed by atoms with Gasteiger partial charge in [0.25, 0.3) is 0 Å². The zero-order valence-corrected chi connectivity index (χ0v) is 10.9. The Morgan fingerprint density at radius 3 is 2.65 bits per heavy atom. The van der Waals surface area contributed by atoms with Gasteiger partial charge in [0.05, 0.1) is 13.7 Å². The number of nitrogens with two attached hydrogens (primary N) is 1. The van der Waals surface area contributed by atoms with Crippen molar-refractivity contribution >= 4 is 5.69 Å². The van der Waals surface area contributed by atoms with E-state index < -0.39 is 0 Å². The number of methoxy groups -OCH3 is 2. The van der Waals surface area contributed by atoms with Crippen LogP contribution < -0.4 is 10.5 Å². The lowest BCUT2D eigenvalue weighted by molar-refractivity contribution is 0.147. The fourth-order valence-electron chi connectivity index (χ4n) is 1.66. The topological polar surface area (TPSA) is 47.7 Å². The molecule has 0 aromatic heterocycles. The van der Waals surface area contributed by atoms with Crippen LogP contribution in [0.4, 0.5) is 5.69 Å². The van der Waals surface area contributed by atoms with Crippen LogP contribution >= 0.6 is 0 Å². The molecule has 0 radical (unpaired) electrons. The summed E-state index contributed by atoms with van der Waals surface area (Å²) in [7, 11) is 3.38. The van der Waals surface area contributed by atoms with Crippen LogP contribution in [0.15, 0.2) is 18.2 Å². The van der Waals surface area contributed by atoms with Crippen molar-refractivity contribution in [3.63, 3.8) is 0 Å². The third-order valence-electron chi connectivity index (χ3n) is 2.80. The van der Waals surface area contributed by atoms with E-state index in [2.05, 4.69) is 11.8 Å². The first-order valence-electron chi connectivity index (χ1n) is 5.85. The minimum absolute atomic E-state index is 0.734. The summed E-state index contributed by atoms with van der Waals surface area (Å²) < 4.78 is 10.3. The smallest absolute Gasteiger partial charge is 0.119 e. The predicted octanol–water partition coefficient (Wildman–Crippen LogP) is 1.75. The molecular weight excluding hydrogens is 216 g/mol. The van der Waals surface area contributed by atoms with E-state index in [9.17, 15) is 0 Å². The van der Waals surface area contributed by atoms with E-state index in [1.807, 2.05) is 18.2 Å². The second-order valence-electron chi connectivity index (χ2n) is 3.93. The van der Waals surface area contributed by atoms with E-state index in [-0.39, 0.29) is 0 Å². The molecule has 1 rings (SSSR count). The van der Waals surface area contributed by atoms with Gasteiger partial charge in [0.1, 0.15) is 5.75 Å². The third-order valence-corrected chi connectivity index (χ3v) is 2.80. The zero-order chi connectivity index (χ0) is 12.7. The van der Waals surface area contributed by atoms with Crippen molar-refractivity contribution in [3.8, 4) is 5.75 Å². The summed E-state index contributed by atoms with van der Waals surface area (Å²) in [5.41, 5.74) is 7.87. The number of benzene rings is 1. The van der Waals surface area contributed by atoms with Gasteiger partial charge in [-0.05, 0) is 30.3 Å². The first-order valence-corrected chi connectivity index (χ1v) is 5.85. The molecule has 0 aliphatic heterocycles. The molecule has 0 saturated carbocycles. The fourth-order valence-corrected chi connectivity index (χ4v) is 1.66. The summed E-state index contributed by atoms with van der Waals surface area (Å²) in [6.07, 6.45) is 0. The molecule has 0 spiro atoms. The van der Waals surface area contributed by atoms with Crippen LogP contribution in [-0.4, -0.2) is 38.8 Å². The molecular formula is C13H22N2O2. The molecule has 4 nitrogen and oxygen atoms in total. The maximum atomic E-state index is 5.96. The summed E-state index contributed by atoms with van der Waals surface area (Å²) in [6, 6.07) is 5.76. The Kier molecular flexibility index (Phi) is 5.80. The lowest BCUT2D eigenvalue weighted by Crippen LogP contribution is -2.27. The normalized spacial score (nSPS) is 10.8. The number of nitrogen functional groups attached to an aromatic ring is 1. The van der Waals surface area contributed by atoms with Crippen LogP contribution in [0.1, 0.15) is 12.5 Å². The summed E-state index contributed by atoms with van der Waals surface area (Å²) in [4.78, 5) is 2.29. The molecule has 0 atom stereocenters. The SMILES string of the molecule is CCN(CCOC)Cc1cc(OC)ccc1N. The highest BCUT2D eigenvalue weighted by molar-refractivity contribution is 5.50. The van der Waals surface area contributed by atoms with Gasteiger partial charge in [0, 0.05) is 25.9 Å². The predicted molar refractivity (Wildman–Crippen MR) is 70.2 cm³/mol. The molecule has 17 heavy (non-hydrogen) atoms. The van der Waals surface area contributed by atoms with Gasteiger partial charge in [0.2, 0.25) is 0 Å². The van der Waals surface area contributed by atoms with Gasteiger partial charge in [-0.25, -0.2) is 0 Å². The standard InChI is InChI=1S/C13H22N2O2/c1-4-15(7-8-16-2)10-11-9-12(17-3)5-6-13(11)14/h5-6,9H,4,7-8,10,14H2,1-3H3. The van der Waals surface area contributed by atoms with E-state index in [0.29, 0.717) is 0 Å². The molecule has 4 heteroatoms. The second kappa shape index (κ2) is 7.14. The number of hydrogen-bond donors (Lipinski definition) is 1. The Morgan fingerprint density at radius 2 is 2.06 bits per heavy atom. The van der Waals surface area contributed by atoms with Gasteiger partial charge in [0.15, 0.2) is 0 Å². The number of nitrogens with zero attached hydrogens (tertiary/aromatic N) is 1. The highest BCUT2D eigenvalue weighted by atomic mass is 16.5. The minimum Gasteiger partial charge on any atom is -0.497 e. The first kappa shape index (κ1) is 13.8. The Morgan fingerprint density at radius 1 is 1.29 bits per heavy atom. The van der Waals surface area contributed by atoms with Gasteiger partial charge in [-0.3, -0.25) is 4.90 Å². The number of likely N-dealkylation sites (N-methyl/N-ethyl adjacent to an activating group) is 1. The molecule has 2 N–H and O–H groups in total. The minimum atomic E-state index is 0.734. The number of hydrogen-bond acceptors (Lipinski definition) is 4. The van der Waals surface area contributed by atoms with E-state index in [1.54, 1.807) is 14.2 Å². The third kappa shape index (κ3) is 4.24. The number of anilines is 1.